The molecule has 0 atom stereocenters. The molecule has 0 unspecified atom stereocenters. The number of sulfone groups is 1. The summed E-state index contributed by atoms with van der Waals surface area (Å²) in [7, 11) is -1.10. The zero-order chi connectivity index (χ0) is 24.6. The van der Waals surface area contributed by atoms with Gasteiger partial charge in [0.2, 0.25) is 15.7 Å². The van der Waals surface area contributed by atoms with E-state index >= 15 is 0 Å². The van der Waals surface area contributed by atoms with Crippen molar-refractivity contribution in [3.8, 4) is 17.4 Å². The van der Waals surface area contributed by atoms with Gasteiger partial charge in [-0.1, -0.05) is 17.7 Å². The molecule has 0 saturated heterocycles. The van der Waals surface area contributed by atoms with Crippen LogP contribution in [-0.4, -0.2) is 38.4 Å². The van der Waals surface area contributed by atoms with Crippen molar-refractivity contribution in [2.24, 2.45) is 0 Å². The molecule has 0 bridgehead atoms. The van der Waals surface area contributed by atoms with Gasteiger partial charge in [-0.25, -0.2) is 17.9 Å². The number of aryl methyl sites for hydroxylation is 2. The summed E-state index contributed by atoms with van der Waals surface area (Å²) in [6.07, 6.45) is 0. The quantitative estimate of drug-likeness (QED) is 0.493. The average molecular weight is 473 g/mol. The Bertz CT molecular complexity index is 1290. The number of nitrogens with zero attached hydrogens (tertiary/aromatic N) is 2. The van der Waals surface area contributed by atoms with Crippen molar-refractivity contribution in [1.82, 2.24) is 9.78 Å². The van der Waals surface area contributed by atoms with Crippen LogP contribution in [0.4, 0.5) is 0 Å². The smallest absolute Gasteiger partial charge is 0.348 e. The first-order valence-corrected chi connectivity index (χ1v) is 11.7. The predicted octanol–water partition coefficient (Wildman–Crippen LogP) is 4.32. The maximum absolute atomic E-state index is 13.6. The molecule has 0 fully saturated rings. The molecular weight excluding hydrogens is 444 g/mol. The number of hydrogen-bond acceptors (Lipinski definition) is 7. The van der Waals surface area contributed by atoms with E-state index in [1.165, 1.54) is 37.1 Å². The molecule has 3 rings (SSSR count). The van der Waals surface area contributed by atoms with E-state index in [1.807, 2.05) is 27.7 Å². The Morgan fingerprint density at radius 2 is 1.61 bits per heavy atom. The number of methoxy groups -OCH3 is 2. The number of aromatic nitrogens is 2. The van der Waals surface area contributed by atoms with Crippen LogP contribution in [0.2, 0.25) is 0 Å². The largest absolute Gasteiger partial charge is 0.497 e. The van der Waals surface area contributed by atoms with Gasteiger partial charge < -0.3 is 14.2 Å². The number of esters is 1. The maximum Gasteiger partial charge on any atom is 0.348 e. The van der Waals surface area contributed by atoms with E-state index in [2.05, 4.69) is 5.10 Å². The molecule has 2 aromatic carbocycles. The fraction of sp³-hybridized carbons (Fsp3) is 0.333. The molecule has 176 valence electrons. The van der Waals surface area contributed by atoms with Crippen LogP contribution in [0, 0.1) is 13.8 Å². The summed E-state index contributed by atoms with van der Waals surface area (Å²) in [6, 6.07) is 11.1. The minimum absolute atomic E-state index is 0.0870. The van der Waals surface area contributed by atoms with E-state index in [4.69, 9.17) is 14.2 Å². The van der Waals surface area contributed by atoms with E-state index in [-0.39, 0.29) is 32.7 Å². The Labute approximate surface area is 194 Å². The van der Waals surface area contributed by atoms with Crippen LogP contribution in [0.5, 0.6) is 17.4 Å². The number of benzene rings is 2. The Morgan fingerprint density at radius 3 is 2.15 bits per heavy atom. The van der Waals surface area contributed by atoms with Gasteiger partial charge in [-0.05, 0) is 58.9 Å². The number of hydrogen-bond donors (Lipinski definition) is 0. The first-order chi connectivity index (χ1) is 15.4. The number of carbonyl (C=O) groups is 1. The molecule has 3 aromatic rings. The summed E-state index contributed by atoms with van der Waals surface area (Å²) in [4.78, 5) is 13.1. The van der Waals surface area contributed by atoms with Crippen molar-refractivity contribution in [3.05, 3.63) is 59.3 Å². The molecule has 33 heavy (non-hydrogen) atoms. The standard InChI is InChI=1S/C24H28N2O6S/c1-15-8-11-18(12-9-15)33(28,29)21-16(2)25-26(24(3,4)5)22(21)32-23(27)19-13-10-17(30-6)14-20(19)31-7/h8-14H,1-7H3. The zero-order valence-electron chi connectivity index (χ0n) is 19.8. The van der Waals surface area contributed by atoms with Crippen molar-refractivity contribution in [2.75, 3.05) is 14.2 Å². The predicted molar refractivity (Wildman–Crippen MR) is 123 cm³/mol. The lowest BCUT2D eigenvalue weighted by Gasteiger charge is -2.22. The summed E-state index contributed by atoms with van der Waals surface area (Å²) in [6.45, 7) is 8.97. The molecule has 8 nitrogen and oxygen atoms in total. The van der Waals surface area contributed by atoms with Crippen LogP contribution in [0.1, 0.15) is 42.4 Å². The Hall–Kier alpha value is -3.33. The fourth-order valence-electron chi connectivity index (χ4n) is 3.29. The lowest BCUT2D eigenvalue weighted by Crippen LogP contribution is -2.26. The third kappa shape index (κ3) is 4.73. The normalized spacial score (nSPS) is 11.8. The summed E-state index contributed by atoms with van der Waals surface area (Å²) in [5, 5.41) is 4.42. The van der Waals surface area contributed by atoms with Gasteiger partial charge in [0.05, 0.1) is 30.3 Å². The molecule has 0 radical (unpaired) electrons. The van der Waals surface area contributed by atoms with Crippen LogP contribution in [0.3, 0.4) is 0 Å². The third-order valence-electron chi connectivity index (χ3n) is 5.02. The Morgan fingerprint density at radius 1 is 0.970 bits per heavy atom. The van der Waals surface area contributed by atoms with Crippen LogP contribution >= 0.6 is 0 Å². The molecule has 1 heterocycles. The molecule has 0 spiro atoms. The topological polar surface area (TPSA) is 96.7 Å². The van der Waals surface area contributed by atoms with Crippen molar-refractivity contribution in [2.45, 2.75) is 49.9 Å². The van der Waals surface area contributed by atoms with Gasteiger partial charge >= 0.3 is 5.97 Å². The lowest BCUT2D eigenvalue weighted by atomic mass is 10.1. The second-order valence-electron chi connectivity index (χ2n) is 8.57. The second kappa shape index (κ2) is 8.90. The number of carbonyl (C=O) groups excluding carboxylic acids is 1. The highest BCUT2D eigenvalue weighted by molar-refractivity contribution is 7.91. The minimum Gasteiger partial charge on any atom is -0.497 e. The molecule has 0 aliphatic rings. The summed E-state index contributed by atoms with van der Waals surface area (Å²) in [5.41, 5.74) is 0.617. The van der Waals surface area contributed by atoms with Crippen molar-refractivity contribution in [1.29, 1.82) is 0 Å². The molecule has 0 aliphatic carbocycles. The number of rotatable bonds is 6. The molecular formula is C24H28N2O6S. The summed E-state index contributed by atoms with van der Waals surface area (Å²) >= 11 is 0. The maximum atomic E-state index is 13.6. The average Bonchev–Trinajstić information content (AvgIpc) is 3.10. The van der Waals surface area contributed by atoms with E-state index < -0.39 is 21.3 Å². The van der Waals surface area contributed by atoms with E-state index in [9.17, 15) is 13.2 Å². The molecule has 0 saturated carbocycles. The highest BCUT2D eigenvalue weighted by Gasteiger charge is 2.35. The zero-order valence-corrected chi connectivity index (χ0v) is 20.6. The Balaban J connectivity index is 2.17. The van der Waals surface area contributed by atoms with Gasteiger partial charge in [0.15, 0.2) is 4.90 Å². The third-order valence-corrected chi connectivity index (χ3v) is 6.92. The molecule has 0 N–H and O–H groups in total. The molecule has 1 aromatic heterocycles. The number of ether oxygens (including phenoxy) is 3. The van der Waals surface area contributed by atoms with Crippen LogP contribution in [0.15, 0.2) is 52.3 Å². The van der Waals surface area contributed by atoms with E-state index in [0.29, 0.717) is 5.75 Å². The second-order valence-corrected chi connectivity index (χ2v) is 10.5. The van der Waals surface area contributed by atoms with Gasteiger partial charge in [0.1, 0.15) is 17.1 Å². The monoisotopic (exact) mass is 472 g/mol. The molecule has 0 amide bonds. The van der Waals surface area contributed by atoms with Gasteiger partial charge in [0, 0.05) is 6.07 Å². The van der Waals surface area contributed by atoms with Gasteiger partial charge in [-0.3, -0.25) is 0 Å². The fourth-order valence-corrected chi connectivity index (χ4v) is 4.81. The first kappa shape index (κ1) is 24.3. The van der Waals surface area contributed by atoms with Gasteiger partial charge in [0.25, 0.3) is 0 Å². The van der Waals surface area contributed by atoms with Crippen molar-refractivity contribution in [3.63, 3.8) is 0 Å². The van der Waals surface area contributed by atoms with E-state index in [1.54, 1.807) is 31.2 Å². The van der Waals surface area contributed by atoms with Crippen molar-refractivity contribution >= 4 is 15.8 Å². The SMILES string of the molecule is COc1ccc(C(=O)Oc2c(S(=O)(=O)c3ccc(C)cc3)c(C)nn2C(C)(C)C)c(OC)c1. The molecule has 9 heteroatoms. The van der Waals surface area contributed by atoms with Crippen LogP contribution < -0.4 is 14.2 Å². The Kier molecular flexibility index (Phi) is 6.56. The van der Waals surface area contributed by atoms with Crippen LogP contribution in [0.25, 0.3) is 0 Å². The first-order valence-electron chi connectivity index (χ1n) is 10.3. The summed E-state index contributed by atoms with van der Waals surface area (Å²) < 4.78 is 44.7. The lowest BCUT2D eigenvalue weighted by molar-refractivity contribution is 0.0700. The minimum atomic E-state index is -4.02. The van der Waals surface area contributed by atoms with E-state index in [0.717, 1.165) is 5.56 Å². The van der Waals surface area contributed by atoms with Crippen molar-refractivity contribution < 1.29 is 27.4 Å². The highest BCUT2D eigenvalue weighted by atomic mass is 32.2. The molecule has 0 aliphatic heterocycles. The van der Waals surface area contributed by atoms with Crippen LogP contribution in [-0.2, 0) is 15.4 Å². The highest BCUT2D eigenvalue weighted by Crippen LogP contribution is 2.37. The van der Waals surface area contributed by atoms with Gasteiger partial charge in [-0.15, -0.1) is 0 Å². The summed E-state index contributed by atoms with van der Waals surface area (Å²) in [5.74, 6) is -0.189. The van der Waals surface area contributed by atoms with Gasteiger partial charge in [-0.2, -0.15) is 5.10 Å².